The minimum atomic E-state index is -1.15. The van der Waals surface area contributed by atoms with Gasteiger partial charge in [-0.2, -0.15) is 0 Å². The molecular formula is C28H23FN2O4. The number of amides is 2. The van der Waals surface area contributed by atoms with Crippen molar-refractivity contribution >= 4 is 28.8 Å². The monoisotopic (exact) mass is 470 g/mol. The number of hydrogen-bond acceptors (Lipinski definition) is 4. The van der Waals surface area contributed by atoms with Crippen molar-refractivity contribution in [2.24, 2.45) is 0 Å². The number of methoxy groups -OCH3 is 1. The summed E-state index contributed by atoms with van der Waals surface area (Å²) in [5, 5.41) is 0.744. The van der Waals surface area contributed by atoms with Crippen molar-refractivity contribution in [3.05, 3.63) is 108 Å². The smallest absolute Gasteiger partial charge is 0.418 e. The molecule has 1 aliphatic rings. The summed E-state index contributed by atoms with van der Waals surface area (Å²) in [4.78, 5) is 40.5. The van der Waals surface area contributed by atoms with Crippen LogP contribution < -0.4 is 0 Å². The summed E-state index contributed by atoms with van der Waals surface area (Å²) < 4.78 is 19.8. The number of benzene rings is 3. The van der Waals surface area contributed by atoms with Crippen molar-refractivity contribution in [2.45, 2.75) is 24.8 Å². The van der Waals surface area contributed by atoms with Gasteiger partial charge < -0.3 is 4.74 Å². The Morgan fingerprint density at radius 1 is 0.971 bits per heavy atom. The van der Waals surface area contributed by atoms with E-state index in [9.17, 15) is 18.8 Å². The standard InChI is InChI=1S/C28H23FN2O4/c1-35-27(34)30-14-13-21-15-22(9-12-24(21)30)28(16-19-7-10-23(29)11-8-19)17-25(32)31(26(28)33)18-20-5-3-2-4-6-20/h2-15H,16-18H2,1H3. The van der Waals surface area contributed by atoms with Crippen molar-refractivity contribution in [1.29, 1.82) is 0 Å². The number of rotatable bonds is 5. The van der Waals surface area contributed by atoms with E-state index in [0.717, 1.165) is 16.5 Å². The summed E-state index contributed by atoms with van der Waals surface area (Å²) in [5.41, 5.74) is 1.77. The second-order valence-corrected chi connectivity index (χ2v) is 8.76. The number of imide groups is 1. The van der Waals surface area contributed by atoms with E-state index in [4.69, 9.17) is 4.74 Å². The molecule has 7 heteroatoms. The average Bonchev–Trinajstić information content (AvgIpc) is 3.40. The van der Waals surface area contributed by atoms with Gasteiger partial charge in [0.05, 0.1) is 24.6 Å². The molecule has 6 nitrogen and oxygen atoms in total. The Bertz CT molecular complexity index is 1430. The molecule has 1 aromatic heterocycles. The summed E-state index contributed by atoms with van der Waals surface area (Å²) in [6, 6.07) is 22.5. The summed E-state index contributed by atoms with van der Waals surface area (Å²) in [6.45, 7) is 0.185. The van der Waals surface area contributed by atoms with Crippen molar-refractivity contribution in [1.82, 2.24) is 9.47 Å². The van der Waals surface area contributed by atoms with Gasteiger partial charge in [-0.25, -0.2) is 9.18 Å². The quantitative estimate of drug-likeness (QED) is 0.392. The highest BCUT2D eigenvalue weighted by atomic mass is 19.1. The molecule has 35 heavy (non-hydrogen) atoms. The SMILES string of the molecule is COC(=O)n1ccc2cc(C3(Cc4ccc(F)cc4)CC(=O)N(Cc4ccccc4)C3=O)ccc21. The van der Waals surface area contributed by atoms with Gasteiger partial charge in [-0.15, -0.1) is 0 Å². The minimum Gasteiger partial charge on any atom is -0.452 e. The van der Waals surface area contributed by atoms with Crippen molar-refractivity contribution in [3.63, 3.8) is 0 Å². The number of aromatic nitrogens is 1. The van der Waals surface area contributed by atoms with E-state index in [1.54, 1.807) is 36.5 Å². The zero-order valence-electron chi connectivity index (χ0n) is 19.1. The lowest BCUT2D eigenvalue weighted by molar-refractivity contribution is -0.140. The van der Waals surface area contributed by atoms with E-state index >= 15 is 0 Å². The first kappa shape index (κ1) is 22.5. The molecule has 0 aliphatic carbocycles. The van der Waals surface area contributed by atoms with Crippen LogP contribution in [0.5, 0.6) is 0 Å². The fraction of sp³-hybridized carbons (Fsp3) is 0.179. The fourth-order valence-corrected chi connectivity index (χ4v) is 4.84. The first-order valence-corrected chi connectivity index (χ1v) is 11.2. The second-order valence-electron chi connectivity index (χ2n) is 8.76. The topological polar surface area (TPSA) is 68.6 Å². The Morgan fingerprint density at radius 3 is 2.43 bits per heavy atom. The molecule has 1 saturated heterocycles. The third kappa shape index (κ3) is 3.99. The number of nitrogens with zero attached hydrogens (tertiary/aromatic N) is 2. The molecule has 0 spiro atoms. The zero-order chi connectivity index (χ0) is 24.6. The third-order valence-electron chi connectivity index (χ3n) is 6.63. The van der Waals surface area contributed by atoms with Gasteiger partial charge >= 0.3 is 6.09 Å². The van der Waals surface area contributed by atoms with Crippen LogP contribution in [0.1, 0.15) is 23.1 Å². The fourth-order valence-electron chi connectivity index (χ4n) is 4.84. The maximum atomic E-state index is 14.0. The van der Waals surface area contributed by atoms with E-state index in [1.165, 1.54) is 28.7 Å². The van der Waals surface area contributed by atoms with Crippen molar-refractivity contribution in [3.8, 4) is 0 Å². The molecule has 0 radical (unpaired) electrons. The van der Waals surface area contributed by atoms with Gasteiger partial charge in [0, 0.05) is 18.0 Å². The third-order valence-corrected chi connectivity index (χ3v) is 6.63. The Balaban J connectivity index is 1.59. The van der Waals surface area contributed by atoms with Gasteiger partial charge in [-0.05, 0) is 53.4 Å². The molecule has 0 saturated carbocycles. The van der Waals surface area contributed by atoms with Crippen LogP contribution in [0.15, 0.2) is 85.1 Å². The Morgan fingerprint density at radius 2 is 1.71 bits per heavy atom. The maximum absolute atomic E-state index is 14.0. The lowest BCUT2D eigenvalue weighted by Gasteiger charge is -2.28. The largest absolute Gasteiger partial charge is 0.452 e. The lowest BCUT2D eigenvalue weighted by atomic mass is 9.74. The van der Waals surface area contributed by atoms with Gasteiger partial charge in [0.25, 0.3) is 0 Å². The summed E-state index contributed by atoms with van der Waals surface area (Å²) >= 11 is 0. The van der Waals surface area contributed by atoms with E-state index in [1.807, 2.05) is 36.4 Å². The molecule has 4 aromatic rings. The Labute approximate surface area is 201 Å². The van der Waals surface area contributed by atoms with Crippen LogP contribution in [0.3, 0.4) is 0 Å². The summed E-state index contributed by atoms with van der Waals surface area (Å²) in [5.74, 6) is -0.913. The van der Waals surface area contributed by atoms with Crippen LogP contribution in [0.4, 0.5) is 9.18 Å². The molecule has 2 amide bonds. The van der Waals surface area contributed by atoms with E-state index in [2.05, 4.69) is 0 Å². The number of fused-ring (bicyclic) bond motifs is 1. The van der Waals surface area contributed by atoms with E-state index in [-0.39, 0.29) is 37.0 Å². The average molecular weight is 471 g/mol. The number of halogens is 1. The highest BCUT2D eigenvalue weighted by molar-refractivity contribution is 6.09. The lowest BCUT2D eigenvalue weighted by Crippen LogP contribution is -2.40. The van der Waals surface area contributed by atoms with Gasteiger partial charge in [0.1, 0.15) is 5.82 Å². The molecule has 1 unspecified atom stereocenters. The normalized spacial score (nSPS) is 17.8. The molecule has 1 fully saturated rings. The first-order chi connectivity index (χ1) is 16.9. The van der Waals surface area contributed by atoms with Crippen molar-refractivity contribution in [2.75, 3.05) is 7.11 Å². The number of likely N-dealkylation sites (tertiary alicyclic amines) is 1. The molecule has 1 atom stereocenters. The first-order valence-electron chi connectivity index (χ1n) is 11.2. The number of hydrogen-bond donors (Lipinski definition) is 0. The molecule has 1 aliphatic heterocycles. The number of ether oxygens (including phenoxy) is 1. The molecule has 0 bridgehead atoms. The van der Waals surface area contributed by atoms with Crippen molar-refractivity contribution < 1.29 is 23.5 Å². The predicted octanol–water partition coefficient (Wildman–Crippen LogP) is 4.83. The molecule has 3 aromatic carbocycles. The van der Waals surface area contributed by atoms with Crippen LogP contribution >= 0.6 is 0 Å². The van der Waals surface area contributed by atoms with Crippen LogP contribution in [0.2, 0.25) is 0 Å². The van der Waals surface area contributed by atoms with Crippen LogP contribution in [-0.2, 0) is 32.7 Å². The molecule has 5 rings (SSSR count). The Hall–Kier alpha value is -4.26. The van der Waals surface area contributed by atoms with Crippen LogP contribution in [0.25, 0.3) is 10.9 Å². The maximum Gasteiger partial charge on any atom is 0.418 e. The number of carbonyl (C=O) groups excluding carboxylic acids is 3. The Kier molecular flexibility index (Phi) is 5.68. The van der Waals surface area contributed by atoms with Crippen LogP contribution in [0, 0.1) is 5.82 Å². The molecule has 2 heterocycles. The van der Waals surface area contributed by atoms with Crippen LogP contribution in [-0.4, -0.2) is 34.5 Å². The minimum absolute atomic E-state index is 0.000734. The second kappa shape index (κ2) is 8.83. The van der Waals surface area contributed by atoms with E-state index < -0.39 is 11.5 Å². The van der Waals surface area contributed by atoms with Gasteiger partial charge in [-0.1, -0.05) is 48.5 Å². The van der Waals surface area contributed by atoms with Gasteiger partial charge in [-0.3, -0.25) is 19.1 Å². The number of carbonyl (C=O) groups is 3. The highest BCUT2D eigenvalue weighted by Gasteiger charge is 2.52. The molecular weight excluding hydrogens is 447 g/mol. The summed E-state index contributed by atoms with van der Waals surface area (Å²) in [6.07, 6.45) is 1.33. The predicted molar refractivity (Wildman–Crippen MR) is 128 cm³/mol. The zero-order valence-corrected chi connectivity index (χ0v) is 19.1. The molecule has 0 N–H and O–H groups in total. The van der Waals surface area contributed by atoms with E-state index in [0.29, 0.717) is 11.1 Å². The van der Waals surface area contributed by atoms with Gasteiger partial charge in [0.2, 0.25) is 11.8 Å². The molecule has 176 valence electrons. The highest BCUT2D eigenvalue weighted by Crippen LogP contribution is 2.41. The van der Waals surface area contributed by atoms with Gasteiger partial charge in [0.15, 0.2) is 0 Å². The summed E-state index contributed by atoms with van der Waals surface area (Å²) in [7, 11) is 1.31.